The third kappa shape index (κ3) is 8.50. The van der Waals surface area contributed by atoms with Crippen LogP contribution in [0.4, 0.5) is 0 Å². The largest absolute Gasteiger partial charge is 0.463 e. The summed E-state index contributed by atoms with van der Waals surface area (Å²) in [5.74, 6) is 0.610. The van der Waals surface area contributed by atoms with Crippen LogP contribution in [0, 0.1) is 11.8 Å². The highest BCUT2D eigenvalue weighted by molar-refractivity contribution is 6.74. The van der Waals surface area contributed by atoms with Crippen LogP contribution in [-0.4, -0.2) is 32.3 Å². The number of rotatable bonds is 10. The van der Waals surface area contributed by atoms with E-state index < -0.39 is 8.32 Å². The number of Topliss-reactive ketones (excluding diaryl/α,β-unsaturated/α-hetero) is 1. The Hall–Kier alpha value is -1.20. The Morgan fingerprint density at radius 3 is 2.40 bits per heavy atom. The van der Waals surface area contributed by atoms with Crippen LogP contribution in [0.3, 0.4) is 0 Å². The molecule has 0 aromatic heterocycles. The quantitative estimate of drug-likeness (QED) is 0.167. The second-order valence-electron chi connectivity index (χ2n) is 10.6. The second-order valence-corrected chi connectivity index (χ2v) is 15.4. The molecule has 0 spiro atoms. The van der Waals surface area contributed by atoms with Crippen LogP contribution in [0.5, 0.6) is 0 Å². The summed E-state index contributed by atoms with van der Waals surface area (Å²) in [7, 11) is -1.97. The molecule has 1 aliphatic rings. The normalized spacial score (nSPS) is 23.2. The summed E-state index contributed by atoms with van der Waals surface area (Å²) in [4.78, 5) is 24.1. The van der Waals surface area contributed by atoms with E-state index in [4.69, 9.17) is 9.16 Å². The van der Waals surface area contributed by atoms with Crippen molar-refractivity contribution in [3.63, 3.8) is 0 Å². The minimum absolute atomic E-state index is 0.0579. The summed E-state index contributed by atoms with van der Waals surface area (Å²) in [6.45, 7) is 21.2. The topological polar surface area (TPSA) is 52.6 Å². The standard InChI is InChI=1S/C25H44O4Si/c1-18(2)24-20(14-12-10-11-13-15-23(27)28-19(3)4)16-21(26)17-22(24)29-30(8,9)25(5,6)7/h10,12,19-20,22,24H,1,11,13-17H2,2-9H3/b12-10-/t20-,22+,24+/m0/s1. The summed E-state index contributed by atoms with van der Waals surface area (Å²) in [6.07, 6.45) is 8.19. The fraction of sp³-hybridized carbons (Fsp3) is 0.760. The van der Waals surface area contributed by atoms with Gasteiger partial charge in [-0.05, 0) is 64.1 Å². The molecule has 0 saturated heterocycles. The first-order chi connectivity index (χ1) is 13.7. The highest BCUT2D eigenvalue weighted by Gasteiger charge is 2.44. The Kier molecular flexibility index (Phi) is 10.2. The monoisotopic (exact) mass is 436 g/mol. The number of hydrogen-bond donors (Lipinski definition) is 0. The molecule has 1 fully saturated rings. The van der Waals surface area contributed by atoms with E-state index in [-0.39, 0.29) is 35.1 Å². The van der Waals surface area contributed by atoms with Crippen molar-refractivity contribution >= 4 is 20.1 Å². The van der Waals surface area contributed by atoms with E-state index in [9.17, 15) is 9.59 Å². The van der Waals surface area contributed by atoms with Gasteiger partial charge in [-0.25, -0.2) is 0 Å². The predicted molar refractivity (Wildman–Crippen MR) is 127 cm³/mol. The minimum Gasteiger partial charge on any atom is -0.463 e. The number of ketones is 1. The fourth-order valence-corrected chi connectivity index (χ4v) is 5.19. The number of ether oxygens (including phenoxy) is 1. The third-order valence-corrected chi connectivity index (χ3v) is 10.9. The molecular formula is C25H44O4Si. The zero-order valence-corrected chi connectivity index (χ0v) is 21.5. The van der Waals surface area contributed by atoms with Crippen molar-refractivity contribution in [2.24, 2.45) is 11.8 Å². The molecule has 0 aromatic rings. The first-order valence-corrected chi connectivity index (χ1v) is 14.3. The molecule has 3 atom stereocenters. The lowest BCUT2D eigenvalue weighted by molar-refractivity contribution is -0.147. The number of hydrogen-bond acceptors (Lipinski definition) is 4. The molecule has 0 aliphatic heterocycles. The summed E-state index contributed by atoms with van der Waals surface area (Å²) >= 11 is 0. The van der Waals surface area contributed by atoms with Crippen molar-refractivity contribution in [1.82, 2.24) is 0 Å². The predicted octanol–water partition coefficient (Wildman–Crippen LogP) is 6.62. The van der Waals surface area contributed by atoms with Gasteiger partial charge in [0.05, 0.1) is 12.2 Å². The first kappa shape index (κ1) is 26.8. The summed E-state index contributed by atoms with van der Waals surface area (Å²) in [5, 5.41) is 0.110. The van der Waals surface area contributed by atoms with Gasteiger partial charge in [-0.3, -0.25) is 9.59 Å². The minimum atomic E-state index is -1.97. The zero-order chi connectivity index (χ0) is 23.1. The van der Waals surface area contributed by atoms with E-state index in [1.165, 1.54) is 0 Å². The SMILES string of the molecule is C=C(C)[C@@H]1[C@@H](C/C=C\CCCC(=O)OC(C)C)CC(=O)C[C@H]1O[Si](C)(C)C(C)(C)C. The lowest BCUT2D eigenvalue weighted by atomic mass is 9.72. The molecule has 0 bridgehead atoms. The van der Waals surface area contributed by atoms with Crippen molar-refractivity contribution in [3.8, 4) is 0 Å². The maximum Gasteiger partial charge on any atom is 0.306 e. The maximum absolute atomic E-state index is 12.5. The molecule has 1 saturated carbocycles. The molecule has 0 aromatic carbocycles. The Morgan fingerprint density at radius 2 is 1.87 bits per heavy atom. The summed E-state index contributed by atoms with van der Waals surface area (Å²) < 4.78 is 11.9. The Labute approximate surface area is 185 Å². The van der Waals surface area contributed by atoms with Gasteiger partial charge in [0.25, 0.3) is 0 Å². The van der Waals surface area contributed by atoms with E-state index in [0.29, 0.717) is 25.0 Å². The molecule has 5 heteroatoms. The van der Waals surface area contributed by atoms with Crippen LogP contribution >= 0.6 is 0 Å². The van der Waals surface area contributed by atoms with Crippen LogP contribution in [0.25, 0.3) is 0 Å². The van der Waals surface area contributed by atoms with Gasteiger partial charge in [0.15, 0.2) is 8.32 Å². The van der Waals surface area contributed by atoms with Crippen LogP contribution in [0.1, 0.15) is 80.1 Å². The van der Waals surface area contributed by atoms with Gasteiger partial charge in [0.1, 0.15) is 5.78 Å². The van der Waals surface area contributed by atoms with Gasteiger partial charge < -0.3 is 9.16 Å². The van der Waals surface area contributed by atoms with Crippen molar-refractivity contribution in [2.75, 3.05) is 0 Å². The average molecular weight is 437 g/mol. The van der Waals surface area contributed by atoms with E-state index >= 15 is 0 Å². The van der Waals surface area contributed by atoms with Gasteiger partial charge in [-0.1, -0.05) is 45.1 Å². The van der Waals surface area contributed by atoms with Crippen molar-refractivity contribution < 1.29 is 18.8 Å². The summed E-state index contributed by atoms with van der Waals surface area (Å²) in [5.41, 5.74) is 1.11. The highest BCUT2D eigenvalue weighted by atomic mass is 28.4. The molecule has 172 valence electrons. The van der Waals surface area contributed by atoms with E-state index in [0.717, 1.165) is 24.8 Å². The van der Waals surface area contributed by atoms with Crippen LogP contribution < -0.4 is 0 Å². The molecule has 0 amide bonds. The molecule has 1 rings (SSSR count). The molecule has 0 N–H and O–H groups in total. The van der Waals surface area contributed by atoms with E-state index in [2.05, 4.69) is 59.5 Å². The van der Waals surface area contributed by atoms with E-state index in [1.54, 1.807) is 0 Å². The Morgan fingerprint density at radius 1 is 1.23 bits per heavy atom. The lowest BCUT2D eigenvalue weighted by Crippen LogP contribution is -2.49. The van der Waals surface area contributed by atoms with Crippen LogP contribution in [-0.2, 0) is 18.8 Å². The number of esters is 1. The van der Waals surface area contributed by atoms with Gasteiger partial charge in [-0.2, -0.15) is 0 Å². The maximum atomic E-state index is 12.5. The highest BCUT2D eigenvalue weighted by Crippen LogP contribution is 2.43. The molecule has 30 heavy (non-hydrogen) atoms. The first-order valence-electron chi connectivity index (χ1n) is 11.4. The molecule has 0 radical (unpaired) electrons. The van der Waals surface area contributed by atoms with Gasteiger partial charge in [0.2, 0.25) is 0 Å². The number of carbonyl (C=O) groups is 2. The van der Waals surface area contributed by atoms with E-state index in [1.807, 2.05) is 13.8 Å². The fourth-order valence-electron chi connectivity index (χ4n) is 3.85. The molecule has 4 nitrogen and oxygen atoms in total. The van der Waals surface area contributed by atoms with Crippen LogP contribution in [0.2, 0.25) is 18.1 Å². The van der Waals surface area contributed by atoms with Crippen molar-refractivity contribution in [3.05, 3.63) is 24.3 Å². The smallest absolute Gasteiger partial charge is 0.306 e. The van der Waals surface area contributed by atoms with Crippen molar-refractivity contribution in [2.45, 2.75) is 110 Å². The summed E-state index contributed by atoms with van der Waals surface area (Å²) in [6, 6.07) is 0. The Bertz CT molecular complexity index is 628. The number of allylic oxidation sites excluding steroid dienone is 2. The molecular weight excluding hydrogens is 392 g/mol. The lowest BCUT2D eigenvalue weighted by Gasteiger charge is -2.45. The zero-order valence-electron chi connectivity index (χ0n) is 20.5. The Balaban J connectivity index is 2.70. The van der Waals surface area contributed by atoms with Crippen LogP contribution in [0.15, 0.2) is 24.3 Å². The number of unbranched alkanes of at least 4 members (excludes halogenated alkanes) is 1. The third-order valence-electron chi connectivity index (χ3n) is 6.37. The molecule has 0 unspecified atom stereocenters. The van der Waals surface area contributed by atoms with Crippen molar-refractivity contribution in [1.29, 1.82) is 0 Å². The second kappa shape index (κ2) is 11.4. The van der Waals surface area contributed by atoms with Gasteiger partial charge >= 0.3 is 5.97 Å². The average Bonchev–Trinajstić information content (AvgIpc) is 2.55. The molecule has 0 heterocycles. The van der Waals surface area contributed by atoms with Gasteiger partial charge in [-0.15, -0.1) is 0 Å². The molecule has 1 aliphatic carbocycles. The number of carbonyl (C=O) groups excluding carboxylic acids is 2. The van der Waals surface area contributed by atoms with Gasteiger partial charge in [0, 0.05) is 25.2 Å².